The first-order chi connectivity index (χ1) is 20.6. The van der Waals surface area contributed by atoms with Crippen LogP contribution in [0.4, 0.5) is 0 Å². The minimum Gasteiger partial charge on any atom is -0.460 e. The van der Waals surface area contributed by atoms with Gasteiger partial charge in [-0.15, -0.1) is 0 Å². The van der Waals surface area contributed by atoms with Crippen LogP contribution in [0.1, 0.15) is 105 Å². The van der Waals surface area contributed by atoms with Crippen LogP contribution in [0.2, 0.25) is 0 Å². The molecular formula is C40H57NO3. The van der Waals surface area contributed by atoms with Crippen LogP contribution in [0.3, 0.4) is 0 Å². The molecule has 6 rings (SSSR count). The molecule has 0 aliphatic heterocycles. The quantitative estimate of drug-likeness (QED) is 0.197. The van der Waals surface area contributed by atoms with E-state index < -0.39 is 5.41 Å². The zero-order chi connectivity index (χ0) is 31.9. The van der Waals surface area contributed by atoms with Gasteiger partial charge in [0.25, 0.3) is 0 Å². The van der Waals surface area contributed by atoms with Crippen LogP contribution in [-0.4, -0.2) is 30.7 Å². The second-order valence-corrected chi connectivity index (χ2v) is 17.2. The molecule has 4 saturated carbocycles. The molecule has 0 radical (unpaired) electrons. The van der Waals surface area contributed by atoms with E-state index >= 15 is 0 Å². The molecule has 5 aliphatic rings. The van der Waals surface area contributed by atoms with E-state index in [-0.39, 0.29) is 33.5 Å². The van der Waals surface area contributed by atoms with Crippen molar-refractivity contribution in [3.8, 4) is 0 Å². The average molecular weight is 600 g/mol. The lowest BCUT2D eigenvalue weighted by molar-refractivity contribution is -0.189. The van der Waals surface area contributed by atoms with E-state index in [0.29, 0.717) is 36.1 Å². The van der Waals surface area contributed by atoms with Gasteiger partial charge in [-0.1, -0.05) is 90.4 Å². The van der Waals surface area contributed by atoms with E-state index in [2.05, 4.69) is 65.6 Å². The lowest BCUT2D eigenvalue weighted by atomic mass is 9.33. The van der Waals surface area contributed by atoms with E-state index in [0.717, 1.165) is 62.5 Å². The third-order valence-electron chi connectivity index (χ3n) is 14.6. The topological polar surface area (TPSA) is 46.6 Å². The van der Waals surface area contributed by atoms with Gasteiger partial charge in [-0.2, -0.15) is 0 Å². The highest BCUT2D eigenvalue weighted by Crippen LogP contribution is 2.75. The zero-order valence-electron chi connectivity index (χ0n) is 29.0. The summed E-state index contributed by atoms with van der Waals surface area (Å²) in [5.41, 5.74) is 3.02. The van der Waals surface area contributed by atoms with Crippen molar-refractivity contribution in [2.24, 2.45) is 56.7 Å². The second-order valence-electron chi connectivity index (χ2n) is 17.2. The molecule has 4 heteroatoms. The molecule has 0 N–H and O–H groups in total. The van der Waals surface area contributed by atoms with Crippen molar-refractivity contribution < 1.29 is 14.3 Å². The van der Waals surface area contributed by atoms with Gasteiger partial charge in [-0.25, -0.2) is 0 Å². The molecule has 5 aliphatic carbocycles. The molecule has 44 heavy (non-hydrogen) atoms. The number of hydrogen-bond donors (Lipinski definition) is 0. The molecular weight excluding hydrogens is 542 g/mol. The minimum atomic E-state index is -0.433. The van der Waals surface area contributed by atoms with Crippen molar-refractivity contribution in [3.05, 3.63) is 59.3 Å². The van der Waals surface area contributed by atoms with Crippen LogP contribution >= 0.6 is 0 Å². The summed E-state index contributed by atoms with van der Waals surface area (Å²) < 4.78 is 6.21. The average Bonchev–Trinajstić information content (AvgIpc) is 2.97. The van der Waals surface area contributed by atoms with Crippen LogP contribution in [0.25, 0.3) is 0 Å². The van der Waals surface area contributed by atoms with Gasteiger partial charge in [0.1, 0.15) is 6.61 Å². The Kier molecular flexibility index (Phi) is 7.61. The summed E-state index contributed by atoms with van der Waals surface area (Å²) in [6, 6.07) is 10.1. The van der Waals surface area contributed by atoms with E-state index in [4.69, 9.17) is 4.74 Å². The Labute approximate surface area is 267 Å². The Morgan fingerprint density at radius 3 is 2.34 bits per heavy atom. The maximum Gasteiger partial charge on any atom is 0.313 e. The lowest BCUT2D eigenvalue weighted by Crippen LogP contribution is -2.65. The summed E-state index contributed by atoms with van der Waals surface area (Å²) in [5, 5.41) is 0. The number of carbonyl (C=O) groups is 2. The molecule has 240 valence electrons. The molecule has 0 aromatic heterocycles. The maximum absolute atomic E-state index is 14.3. The van der Waals surface area contributed by atoms with Crippen molar-refractivity contribution in [3.63, 3.8) is 0 Å². The summed E-state index contributed by atoms with van der Waals surface area (Å²) in [5.74, 6) is 2.49. The number of benzene rings is 1. The lowest BCUT2D eigenvalue weighted by Gasteiger charge is -2.70. The summed E-state index contributed by atoms with van der Waals surface area (Å²) in [4.78, 5) is 30.2. The molecule has 4 nitrogen and oxygen atoms in total. The Morgan fingerprint density at radius 1 is 0.955 bits per heavy atom. The van der Waals surface area contributed by atoms with E-state index in [1.54, 1.807) is 5.57 Å². The van der Waals surface area contributed by atoms with Crippen molar-refractivity contribution in [2.45, 2.75) is 106 Å². The predicted octanol–water partition coefficient (Wildman–Crippen LogP) is 9.01. The number of ketones is 1. The highest BCUT2D eigenvalue weighted by Gasteiger charge is 2.70. The first kappa shape index (κ1) is 31.6. The number of carbonyl (C=O) groups excluding carboxylic acids is 2. The Bertz CT molecular complexity index is 1370. The fourth-order valence-electron chi connectivity index (χ4n) is 12.0. The van der Waals surface area contributed by atoms with E-state index in [1.807, 2.05) is 44.4 Å². The summed E-state index contributed by atoms with van der Waals surface area (Å²) >= 11 is 0. The monoisotopic (exact) mass is 599 g/mol. The third kappa shape index (κ3) is 4.35. The molecule has 9 atom stereocenters. The van der Waals surface area contributed by atoms with E-state index in [9.17, 15) is 9.59 Å². The second kappa shape index (κ2) is 10.6. The van der Waals surface area contributed by atoms with Crippen LogP contribution in [0, 0.1) is 56.7 Å². The molecule has 4 fully saturated rings. The van der Waals surface area contributed by atoms with Gasteiger partial charge in [0.05, 0.1) is 5.41 Å². The molecule has 1 aromatic carbocycles. The van der Waals surface area contributed by atoms with Gasteiger partial charge >= 0.3 is 5.97 Å². The Morgan fingerprint density at radius 2 is 1.66 bits per heavy atom. The number of rotatable bonds is 4. The molecule has 0 spiro atoms. The van der Waals surface area contributed by atoms with Gasteiger partial charge in [-0.3, -0.25) is 9.59 Å². The van der Waals surface area contributed by atoms with Crippen LogP contribution in [0.5, 0.6) is 0 Å². The van der Waals surface area contributed by atoms with Crippen molar-refractivity contribution in [1.29, 1.82) is 0 Å². The number of Topliss-reactive ketones (excluding diaryl/α,β-unsaturated/α-hetero) is 1. The number of esters is 1. The number of fused-ring (bicyclic) bond motifs is 7. The standard InChI is InChI=1S/C40H57NO3/c1-26-17-20-40(35(43)44-25-28-13-11-10-12-14-28)22-21-38(6)30(33(40)27(26)2)15-16-32-37(5)23-29(24-41(8)9)34(42)36(3,4)31(37)18-19-39(32,38)7/h10-15,24,26-27,31-33H,16-23,25H2,1-9H3/b29-24-/t26-,27+,31+,32-,33+,37+,38-,39-,40+/m1/s1. The van der Waals surface area contributed by atoms with Gasteiger partial charge < -0.3 is 9.64 Å². The molecule has 0 saturated heterocycles. The predicted molar refractivity (Wildman–Crippen MR) is 177 cm³/mol. The Hall–Kier alpha value is -2.36. The maximum atomic E-state index is 14.3. The van der Waals surface area contributed by atoms with Crippen molar-refractivity contribution in [2.75, 3.05) is 14.1 Å². The van der Waals surface area contributed by atoms with Gasteiger partial charge in [-0.05, 0) is 103 Å². The summed E-state index contributed by atoms with van der Waals surface area (Å²) in [6.45, 7) is 17.3. The smallest absolute Gasteiger partial charge is 0.313 e. The van der Waals surface area contributed by atoms with Crippen molar-refractivity contribution >= 4 is 11.8 Å². The highest BCUT2D eigenvalue weighted by atomic mass is 16.5. The van der Waals surface area contributed by atoms with Crippen molar-refractivity contribution in [1.82, 2.24) is 4.90 Å². The number of allylic oxidation sites excluding steroid dienone is 3. The molecule has 0 bridgehead atoms. The van der Waals surface area contributed by atoms with Gasteiger partial charge in [0, 0.05) is 31.3 Å². The van der Waals surface area contributed by atoms with Gasteiger partial charge in [0.2, 0.25) is 0 Å². The summed E-state index contributed by atoms with van der Waals surface area (Å²) in [6.07, 6.45) is 12.8. The molecule has 1 aromatic rings. The first-order valence-electron chi connectivity index (χ1n) is 17.5. The first-order valence-corrected chi connectivity index (χ1v) is 17.5. The fraction of sp³-hybridized carbons (Fsp3) is 0.700. The molecule has 0 amide bonds. The third-order valence-corrected chi connectivity index (χ3v) is 14.6. The largest absolute Gasteiger partial charge is 0.460 e. The molecule has 0 unspecified atom stereocenters. The van der Waals surface area contributed by atoms with Crippen LogP contribution in [-0.2, 0) is 20.9 Å². The fourth-order valence-corrected chi connectivity index (χ4v) is 12.0. The minimum absolute atomic E-state index is 0.0279. The van der Waals surface area contributed by atoms with Crippen LogP contribution in [0.15, 0.2) is 53.8 Å². The SMILES string of the molecule is C[C@H]1[C@H](C)CC[C@]2(C(=O)OCc3ccccc3)CC[C@]3(C)C(=CC[C@@H]4[C@@]5(C)C/C(=C/N(C)C)C(=O)C(C)(C)[C@@H]5CC[C@]43C)[C@H]12. The molecule has 0 heterocycles. The highest BCUT2D eigenvalue weighted by molar-refractivity contribution is 6.00. The van der Waals surface area contributed by atoms with Crippen LogP contribution < -0.4 is 0 Å². The number of nitrogens with zero attached hydrogens (tertiary/aromatic N) is 1. The number of hydrogen-bond acceptors (Lipinski definition) is 4. The normalized spacial score (nSPS) is 43.6. The van der Waals surface area contributed by atoms with E-state index in [1.165, 1.54) is 0 Å². The number of ether oxygens (including phenoxy) is 1. The summed E-state index contributed by atoms with van der Waals surface area (Å²) in [7, 11) is 4.07. The zero-order valence-corrected chi connectivity index (χ0v) is 29.0. The van der Waals surface area contributed by atoms with Gasteiger partial charge in [0.15, 0.2) is 5.78 Å². The Balaban J connectivity index is 1.40.